The molecule has 20 heavy (non-hydrogen) atoms. The fraction of sp³-hybridized carbons (Fsp3) is 0.929. The van der Waals surface area contributed by atoms with E-state index in [2.05, 4.69) is 5.32 Å². The predicted molar refractivity (Wildman–Crippen MR) is 69.9 cm³/mol. The number of nitrogens with one attached hydrogen (secondary N) is 1. The van der Waals surface area contributed by atoms with Gasteiger partial charge in [-0.05, 0) is 51.4 Å². The third-order valence-electron chi connectivity index (χ3n) is 4.68. The van der Waals surface area contributed by atoms with Gasteiger partial charge in [-0.1, -0.05) is 0 Å². The van der Waals surface area contributed by atoms with E-state index in [-0.39, 0.29) is 36.8 Å². The van der Waals surface area contributed by atoms with E-state index in [4.69, 9.17) is 5.73 Å². The lowest BCUT2D eigenvalue weighted by molar-refractivity contribution is -0.182. The molecule has 0 bridgehead atoms. The standard InChI is InChI=1S/C14H23F3N2O/c15-14(16,17)10-3-7-12(8-4-10)19-13(20)9-1-5-11(18)6-2-9/h9-12H,1-8,18H2,(H,19,20). The summed E-state index contributed by atoms with van der Waals surface area (Å²) in [6.45, 7) is 0. The molecule has 6 heteroatoms. The second-order valence-corrected chi connectivity index (χ2v) is 6.21. The number of carbonyl (C=O) groups is 1. The second kappa shape index (κ2) is 6.33. The Hall–Kier alpha value is -0.780. The van der Waals surface area contributed by atoms with Crippen molar-refractivity contribution in [1.82, 2.24) is 5.32 Å². The highest BCUT2D eigenvalue weighted by molar-refractivity contribution is 5.79. The van der Waals surface area contributed by atoms with Crippen LogP contribution < -0.4 is 11.1 Å². The number of amides is 1. The number of rotatable bonds is 2. The number of halogens is 3. The van der Waals surface area contributed by atoms with E-state index in [1.54, 1.807) is 0 Å². The first kappa shape index (κ1) is 15.6. The molecule has 0 aromatic rings. The van der Waals surface area contributed by atoms with E-state index in [0.717, 1.165) is 25.7 Å². The first-order chi connectivity index (χ1) is 9.36. The molecule has 0 aromatic heterocycles. The molecule has 2 aliphatic carbocycles. The summed E-state index contributed by atoms with van der Waals surface area (Å²) in [7, 11) is 0. The fourth-order valence-electron chi connectivity index (χ4n) is 3.27. The number of nitrogens with two attached hydrogens (primary N) is 1. The average molecular weight is 292 g/mol. The monoisotopic (exact) mass is 292 g/mol. The van der Waals surface area contributed by atoms with Crippen molar-refractivity contribution in [3.63, 3.8) is 0 Å². The molecule has 0 unspecified atom stereocenters. The average Bonchev–Trinajstić information content (AvgIpc) is 2.39. The van der Waals surface area contributed by atoms with Gasteiger partial charge in [-0.3, -0.25) is 4.79 Å². The van der Waals surface area contributed by atoms with E-state index >= 15 is 0 Å². The van der Waals surface area contributed by atoms with Crippen molar-refractivity contribution in [3.8, 4) is 0 Å². The molecule has 2 fully saturated rings. The van der Waals surface area contributed by atoms with Crippen molar-refractivity contribution < 1.29 is 18.0 Å². The Morgan fingerprint density at radius 3 is 2.00 bits per heavy atom. The molecule has 2 rings (SSSR count). The Labute approximate surface area is 117 Å². The third kappa shape index (κ3) is 4.11. The van der Waals surface area contributed by atoms with E-state index in [1.165, 1.54) is 0 Å². The Balaban J connectivity index is 1.74. The molecule has 116 valence electrons. The van der Waals surface area contributed by atoms with Crippen LogP contribution in [0.1, 0.15) is 51.4 Å². The van der Waals surface area contributed by atoms with Gasteiger partial charge in [0.15, 0.2) is 0 Å². The maximum absolute atomic E-state index is 12.6. The predicted octanol–water partition coefficient (Wildman–Crippen LogP) is 2.74. The van der Waals surface area contributed by atoms with Gasteiger partial charge in [-0.15, -0.1) is 0 Å². The van der Waals surface area contributed by atoms with Gasteiger partial charge in [-0.25, -0.2) is 0 Å². The summed E-state index contributed by atoms with van der Waals surface area (Å²) < 4.78 is 37.7. The van der Waals surface area contributed by atoms with Gasteiger partial charge < -0.3 is 11.1 Å². The molecule has 0 spiro atoms. The molecule has 2 saturated carbocycles. The van der Waals surface area contributed by atoms with Gasteiger partial charge in [-0.2, -0.15) is 13.2 Å². The summed E-state index contributed by atoms with van der Waals surface area (Å²) in [5.41, 5.74) is 5.80. The largest absolute Gasteiger partial charge is 0.391 e. The summed E-state index contributed by atoms with van der Waals surface area (Å²) in [6, 6.07) is 0.109. The molecule has 0 aliphatic heterocycles. The van der Waals surface area contributed by atoms with Crippen LogP contribution >= 0.6 is 0 Å². The third-order valence-corrected chi connectivity index (χ3v) is 4.68. The fourth-order valence-corrected chi connectivity index (χ4v) is 3.27. The molecule has 0 aromatic carbocycles. The molecule has 2 aliphatic rings. The van der Waals surface area contributed by atoms with E-state index in [9.17, 15) is 18.0 Å². The maximum atomic E-state index is 12.6. The van der Waals surface area contributed by atoms with Crippen LogP contribution in [0.3, 0.4) is 0 Å². The molecule has 0 atom stereocenters. The van der Waals surface area contributed by atoms with Crippen LogP contribution in [-0.4, -0.2) is 24.2 Å². The molecular weight excluding hydrogens is 269 g/mol. The van der Waals surface area contributed by atoms with Gasteiger partial charge in [0.25, 0.3) is 0 Å². The molecular formula is C14H23F3N2O. The van der Waals surface area contributed by atoms with Crippen molar-refractivity contribution in [2.75, 3.05) is 0 Å². The number of carbonyl (C=O) groups excluding carboxylic acids is 1. The van der Waals surface area contributed by atoms with Crippen LogP contribution in [0.5, 0.6) is 0 Å². The highest BCUT2D eigenvalue weighted by Gasteiger charge is 2.41. The first-order valence-corrected chi connectivity index (χ1v) is 7.49. The van der Waals surface area contributed by atoms with Gasteiger partial charge in [0, 0.05) is 18.0 Å². The lowest BCUT2D eigenvalue weighted by Gasteiger charge is -2.32. The number of hydrogen-bond acceptors (Lipinski definition) is 2. The Kier molecular flexibility index (Phi) is 4.94. The Morgan fingerprint density at radius 2 is 1.50 bits per heavy atom. The summed E-state index contributed by atoms with van der Waals surface area (Å²) in [5.74, 6) is -1.19. The topological polar surface area (TPSA) is 55.1 Å². The lowest BCUT2D eigenvalue weighted by Crippen LogP contribution is -2.44. The summed E-state index contributed by atoms with van der Waals surface area (Å²) in [5, 5.41) is 2.93. The minimum atomic E-state index is -4.09. The zero-order valence-electron chi connectivity index (χ0n) is 11.6. The van der Waals surface area contributed by atoms with E-state index in [0.29, 0.717) is 12.8 Å². The Bertz CT molecular complexity index is 330. The molecule has 0 saturated heterocycles. The molecule has 0 heterocycles. The van der Waals surface area contributed by atoms with Gasteiger partial charge in [0.2, 0.25) is 5.91 Å². The zero-order valence-corrected chi connectivity index (χ0v) is 11.6. The van der Waals surface area contributed by atoms with Gasteiger partial charge >= 0.3 is 6.18 Å². The summed E-state index contributed by atoms with van der Waals surface area (Å²) >= 11 is 0. The van der Waals surface area contributed by atoms with E-state index in [1.807, 2.05) is 0 Å². The van der Waals surface area contributed by atoms with E-state index < -0.39 is 12.1 Å². The summed E-state index contributed by atoms with van der Waals surface area (Å²) in [4.78, 5) is 12.1. The molecule has 1 amide bonds. The van der Waals surface area contributed by atoms with Crippen molar-refractivity contribution in [3.05, 3.63) is 0 Å². The zero-order chi connectivity index (χ0) is 14.8. The smallest absolute Gasteiger partial charge is 0.353 e. The van der Waals surface area contributed by atoms with Gasteiger partial charge in [0.1, 0.15) is 0 Å². The highest BCUT2D eigenvalue weighted by Crippen LogP contribution is 2.37. The number of hydrogen-bond donors (Lipinski definition) is 2. The highest BCUT2D eigenvalue weighted by atomic mass is 19.4. The van der Waals surface area contributed by atoms with Crippen molar-refractivity contribution >= 4 is 5.91 Å². The van der Waals surface area contributed by atoms with Gasteiger partial charge in [0.05, 0.1) is 5.92 Å². The van der Waals surface area contributed by atoms with Crippen LogP contribution in [0.15, 0.2) is 0 Å². The normalized spacial score (nSPS) is 35.6. The maximum Gasteiger partial charge on any atom is 0.391 e. The SMILES string of the molecule is NC1CCC(C(=O)NC2CCC(C(F)(F)F)CC2)CC1. The summed E-state index contributed by atoms with van der Waals surface area (Å²) in [6.07, 6.45) is 0.348. The first-order valence-electron chi connectivity index (χ1n) is 7.49. The van der Waals surface area contributed by atoms with Crippen molar-refractivity contribution in [1.29, 1.82) is 0 Å². The van der Waals surface area contributed by atoms with Crippen LogP contribution in [0.2, 0.25) is 0 Å². The molecule has 0 radical (unpaired) electrons. The van der Waals surface area contributed by atoms with Crippen molar-refractivity contribution in [2.24, 2.45) is 17.6 Å². The lowest BCUT2D eigenvalue weighted by atomic mass is 9.83. The molecule has 3 nitrogen and oxygen atoms in total. The van der Waals surface area contributed by atoms with Crippen LogP contribution in [-0.2, 0) is 4.79 Å². The minimum absolute atomic E-state index is 0.00450. The quantitative estimate of drug-likeness (QED) is 0.822. The number of alkyl halides is 3. The molecule has 3 N–H and O–H groups in total. The van der Waals surface area contributed by atoms with Crippen LogP contribution in [0.4, 0.5) is 13.2 Å². The van der Waals surface area contributed by atoms with Crippen molar-refractivity contribution in [2.45, 2.75) is 69.6 Å². The Morgan fingerprint density at radius 1 is 0.950 bits per heavy atom. The van der Waals surface area contributed by atoms with Crippen LogP contribution in [0, 0.1) is 11.8 Å². The second-order valence-electron chi connectivity index (χ2n) is 6.21. The van der Waals surface area contributed by atoms with Crippen LogP contribution in [0.25, 0.3) is 0 Å². The minimum Gasteiger partial charge on any atom is -0.353 e.